The topological polar surface area (TPSA) is 169 Å². The van der Waals surface area contributed by atoms with Crippen molar-refractivity contribution in [2.75, 3.05) is 7.05 Å². The van der Waals surface area contributed by atoms with E-state index < -0.39 is 35.7 Å². The van der Waals surface area contributed by atoms with E-state index in [9.17, 15) is 29.4 Å². The van der Waals surface area contributed by atoms with Gasteiger partial charge in [0.1, 0.15) is 17.5 Å². The molecule has 2 rings (SSSR count). The third-order valence-electron chi connectivity index (χ3n) is 5.37. The van der Waals surface area contributed by atoms with Crippen molar-refractivity contribution in [3.63, 3.8) is 0 Å². The van der Waals surface area contributed by atoms with Gasteiger partial charge in [0.25, 0.3) is 0 Å². The molecule has 11 nitrogen and oxygen atoms in total. The monoisotopic (exact) mass is 513 g/mol. The highest BCUT2D eigenvalue weighted by Crippen LogP contribution is 2.10. The molecule has 7 N–H and O–H groups in total. The maximum Gasteiger partial charge on any atom is 0.243 e. The van der Waals surface area contributed by atoms with E-state index in [-0.39, 0.29) is 43.5 Å². The number of rotatable bonds is 13. The summed E-state index contributed by atoms with van der Waals surface area (Å²) in [4.78, 5) is 50.4. The predicted octanol–water partition coefficient (Wildman–Crippen LogP) is 0.408. The summed E-state index contributed by atoms with van der Waals surface area (Å²) in [6.07, 6.45) is -0.534. The quantitative estimate of drug-likeness (QED) is 0.203. The molecule has 0 aromatic heterocycles. The predicted molar refractivity (Wildman–Crippen MR) is 137 cm³/mol. The van der Waals surface area contributed by atoms with Crippen molar-refractivity contribution in [3.05, 3.63) is 59.7 Å². The molecule has 2 atom stereocenters. The Balaban J connectivity index is 2.01. The van der Waals surface area contributed by atoms with Crippen LogP contribution in [-0.2, 0) is 32.3 Å². The molecule has 0 radical (unpaired) electrons. The summed E-state index contributed by atoms with van der Waals surface area (Å²) in [5, 5.41) is 32.3. The Morgan fingerprint density at radius 2 is 1.14 bits per heavy atom. The summed E-state index contributed by atoms with van der Waals surface area (Å²) in [6.45, 7) is 4.01. The lowest BCUT2D eigenvalue weighted by atomic mass is 10.1. The van der Waals surface area contributed by atoms with E-state index in [0.29, 0.717) is 0 Å². The van der Waals surface area contributed by atoms with Gasteiger partial charge in [-0.2, -0.15) is 0 Å². The van der Waals surface area contributed by atoms with Gasteiger partial charge >= 0.3 is 0 Å². The van der Waals surface area contributed by atoms with Crippen LogP contribution in [0.1, 0.15) is 37.8 Å². The third kappa shape index (κ3) is 10.6. The SMILES string of the molecule is CNC(=O)CC(NC(=O)CC(NC(C)C)C(=O)NCc1ccc(O)cc1)C(=O)NCc1ccc(O)cc1. The Kier molecular flexibility index (Phi) is 11.4. The number of aromatic hydroxyl groups is 2. The van der Waals surface area contributed by atoms with Crippen LogP contribution in [0.15, 0.2) is 48.5 Å². The first kappa shape index (κ1) is 29.1. The van der Waals surface area contributed by atoms with Crippen molar-refractivity contribution in [1.82, 2.24) is 26.6 Å². The maximum absolute atomic E-state index is 12.8. The van der Waals surface area contributed by atoms with Gasteiger partial charge in [0.05, 0.1) is 18.9 Å². The van der Waals surface area contributed by atoms with E-state index in [1.165, 1.54) is 31.3 Å². The average Bonchev–Trinajstić information content (AvgIpc) is 2.86. The second-order valence-corrected chi connectivity index (χ2v) is 8.84. The molecule has 0 saturated carbocycles. The second kappa shape index (κ2) is 14.4. The molecule has 0 saturated heterocycles. The van der Waals surface area contributed by atoms with Gasteiger partial charge < -0.3 is 36.8 Å². The van der Waals surface area contributed by atoms with Crippen LogP contribution in [0.2, 0.25) is 0 Å². The van der Waals surface area contributed by atoms with Crippen LogP contribution in [0.3, 0.4) is 0 Å². The number of benzene rings is 2. The van der Waals surface area contributed by atoms with Crippen molar-refractivity contribution < 1.29 is 29.4 Å². The zero-order valence-corrected chi connectivity index (χ0v) is 21.2. The minimum absolute atomic E-state index is 0.0940. The van der Waals surface area contributed by atoms with Crippen LogP contribution in [-0.4, -0.2) is 59.0 Å². The highest BCUT2D eigenvalue weighted by atomic mass is 16.3. The summed E-state index contributed by atoms with van der Waals surface area (Å²) in [7, 11) is 1.43. The van der Waals surface area contributed by atoms with Gasteiger partial charge in [0, 0.05) is 26.2 Å². The number of carbonyl (C=O) groups is 4. The number of nitrogens with one attached hydrogen (secondary N) is 5. The normalized spacial score (nSPS) is 12.3. The smallest absolute Gasteiger partial charge is 0.243 e. The molecule has 0 heterocycles. The van der Waals surface area contributed by atoms with Gasteiger partial charge in [-0.15, -0.1) is 0 Å². The Labute approximate surface area is 216 Å². The van der Waals surface area contributed by atoms with Gasteiger partial charge in [-0.1, -0.05) is 38.1 Å². The number of amides is 4. The Morgan fingerprint density at radius 3 is 1.57 bits per heavy atom. The molecule has 0 fully saturated rings. The Hall–Kier alpha value is -4.12. The zero-order chi connectivity index (χ0) is 27.4. The number of hydrogen-bond acceptors (Lipinski definition) is 7. The van der Waals surface area contributed by atoms with Crippen LogP contribution in [0.5, 0.6) is 11.5 Å². The molecule has 0 bridgehead atoms. The van der Waals surface area contributed by atoms with Crippen LogP contribution in [0.4, 0.5) is 0 Å². The molecular weight excluding hydrogens is 478 g/mol. The molecule has 2 aromatic carbocycles. The minimum Gasteiger partial charge on any atom is -0.508 e. The Bertz CT molecular complexity index is 1060. The lowest BCUT2D eigenvalue weighted by molar-refractivity contribution is -0.133. The van der Waals surface area contributed by atoms with Crippen molar-refractivity contribution in [3.8, 4) is 11.5 Å². The standard InChI is InChI=1S/C26H35N5O6/c1-16(2)30-21(25(36)28-14-17-4-8-19(32)9-5-17)13-24(35)31-22(12-23(34)27-3)26(37)29-15-18-6-10-20(33)11-7-18/h4-11,16,21-22,30,32-33H,12-15H2,1-3H3,(H,27,34)(H,28,36)(H,29,37)(H,31,35). The van der Waals surface area contributed by atoms with Crippen molar-refractivity contribution in [2.45, 2.75) is 57.9 Å². The first-order valence-corrected chi connectivity index (χ1v) is 11.9. The number of phenolic OH excluding ortho intramolecular Hbond substituents is 2. The Morgan fingerprint density at radius 1 is 0.703 bits per heavy atom. The summed E-state index contributed by atoms with van der Waals surface area (Å²) in [6, 6.07) is 10.5. The van der Waals surface area contributed by atoms with E-state index in [4.69, 9.17) is 0 Å². The number of carbonyl (C=O) groups excluding carboxylic acids is 4. The van der Waals surface area contributed by atoms with Gasteiger partial charge in [-0.25, -0.2) is 0 Å². The molecule has 4 amide bonds. The molecule has 37 heavy (non-hydrogen) atoms. The maximum atomic E-state index is 12.8. The van der Waals surface area contributed by atoms with Gasteiger partial charge in [-0.3, -0.25) is 19.2 Å². The lowest BCUT2D eigenvalue weighted by Gasteiger charge is -2.22. The van der Waals surface area contributed by atoms with Crippen molar-refractivity contribution >= 4 is 23.6 Å². The first-order valence-electron chi connectivity index (χ1n) is 11.9. The van der Waals surface area contributed by atoms with E-state index >= 15 is 0 Å². The average molecular weight is 514 g/mol. The van der Waals surface area contributed by atoms with E-state index in [0.717, 1.165) is 11.1 Å². The van der Waals surface area contributed by atoms with Crippen molar-refractivity contribution in [1.29, 1.82) is 0 Å². The van der Waals surface area contributed by atoms with Crippen LogP contribution in [0, 0.1) is 0 Å². The molecule has 0 aliphatic carbocycles. The van der Waals surface area contributed by atoms with Crippen molar-refractivity contribution in [2.24, 2.45) is 0 Å². The van der Waals surface area contributed by atoms with Crippen LogP contribution in [0.25, 0.3) is 0 Å². The number of hydrogen-bond donors (Lipinski definition) is 7. The third-order valence-corrected chi connectivity index (χ3v) is 5.37. The molecule has 2 aromatic rings. The highest BCUT2D eigenvalue weighted by Gasteiger charge is 2.27. The molecule has 0 aliphatic rings. The molecule has 0 aliphatic heterocycles. The van der Waals surface area contributed by atoms with E-state index in [1.807, 2.05) is 13.8 Å². The molecule has 2 unspecified atom stereocenters. The summed E-state index contributed by atoms with van der Waals surface area (Å²) >= 11 is 0. The van der Waals surface area contributed by atoms with Gasteiger partial charge in [0.2, 0.25) is 23.6 Å². The summed E-state index contributed by atoms with van der Waals surface area (Å²) < 4.78 is 0. The fourth-order valence-electron chi connectivity index (χ4n) is 3.42. The molecular formula is C26H35N5O6. The minimum atomic E-state index is -1.15. The van der Waals surface area contributed by atoms with Gasteiger partial charge in [0.15, 0.2) is 0 Å². The summed E-state index contributed by atoms with van der Waals surface area (Å²) in [5.74, 6) is -1.77. The lowest BCUT2D eigenvalue weighted by Crippen LogP contribution is -2.52. The molecule has 11 heteroatoms. The largest absolute Gasteiger partial charge is 0.508 e. The number of phenols is 2. The fraction of sp³-hybridized carbons (Fsp3) is 0.385. The first-order chi connectivity index (χ1) is 17.6. The highest BCUT2D eigenvalue weighted by molar-refractivity contribution is 5.94. The molecule has 0 spiro atoms. The van der Waals surface area contributed by atoms with Crippen LogP contribution >= 0.6 is 0 Å². The van der Waals surface area contributed by atoms with Crippen LogP contribution < -0.4 is 26.6 Å². The molecule has 200 valence electrons. The van der Waals surface area contributed by atoms with E-state index in [1.54, 1.807) is 24.3 Å². The second-order valence-electron chi connectivity index (χ2n) is 8.84. The van der Waals surface area contributed by atoms with Gasteiger partial charge in [-0.05, 0) is 35.4 Å². The fourth-order valence-corrected chi connectivity index (χ4v) is 3.42. The van der Waals surface area contributed by atoms with E-state index in [2.05, 4.69) is 26.6 Å². The summed E-state index contributed by atoms with van der Waals surface area (Å²) in [5.41, 5.74) is 1.50. The zero-order valence-electron chi connectivity index (χ0n) is 21.2.